The molecule has 33 heavy (non-hydrogen) atoms. The number of carbonyl (C=O) groups is 1. The number of rotatable bonds is 4. The van der Waals surface area contributed by atoms with Gasteiger partial charge in [0, 0.05) is 18.7 Å². The standard InChI is InChI=1S/C25H28N4O4/c1-14-9-17(10-15(2)23(14)25(31)32-4)22-13-29(12-16(3)33-22)20-11-19(27-28-24(20)26)18-7-5-6-8-21(18)30/h5-11,16,22,30H,12-13H2,1-4H3,(H2,26,28)/t16-,22-/m0/s1. The molecular formula is C25H28N4O4. The van der Waals surface area contributed by atoms with Crippen LogP contribution in [0.15, 0.2) is 42.5 Å². The average Bonchev–Trinajstić information content (AvgIpc) is 2.78. The van der Waals surface area contributed by atoms with E-state index in [2.05, 4.69) is 15.1 Å². The van der Waals surface area contributed by atoms with E-state index in [0.717, 1.165) is 22.4 Å². The molecule has 1 aliphatic rings. The van der Waals surface area contributed by atoms with Crippen molar-refractivity contribution >= 4 is 17.5 Å². The summed E-state index contributed by atoms with van der Waals surface area (Å²) in [6, 6.07) is 12.8. The van der Waals surface area contributed by atoms with E-state index in [1.54, 1.807) is 18.2 Å². The van der Waals surface area contributed by atoms with Crippen LogP contribution in [0.1, 0.15) is 40.1 Å². The molecular weight excluding hydrogens is 420 g/mol. The Hall–Kier alpha value is -3.65. The number of carbonyl (C=O) groups excluding carboxylic acids is 1. The van der Waals surface area contributed by atoms with Gasteiger partial charge in [0.25, 0.3) is 0 Å². The smallest absolute Gasteiger partial charge is 0.338 e. The number of methoxy groups -OCH3 is 1. The fourth-order valence-corrected chi connectivity index (χ4v) is 4.41. The summed E-state index contributed by atoms with van der Waals surface area (Å²) in [5, 5.41) is 18.6. The quantitative estimate of drug-likeness (QED) is 0.580. The van der Waals surface area contributed by atoms with Crippen molar-refractivity contribution in [2.24, 2.45) is 0 Å². The summed E-state index contributed by atoms with van der Waals surface area (Å²) in [6.45, 7) is 6.99. The number of para-hydroxylation sites is 1. The van der Waals surface area contributed by atoms with Crippen molar-refractivity contribution in [2.75, 3.05) is 30.8 Å². The minimum atomic E-state index is -0.344. The highest BCUT2D eigenvalue weighted by molar-refractivity contribution is 5.92. The van der Waals surface area contributed by atoms with Crippen molar-refractivity contribution in [3.63, 3.8) is 0 Å². The van der Waals surface area contributed by atoms with Crippen molar-refractivity contribution in [2.45, 2.75) is 33.0 Å². The number of phenols is 1. The molecule has 2 heterocycles. The summed E-state index contributed by atoms with van der Waals surface area (Å²) in [4.78, 5) is 14.3. The summed E-state index contributed by atoms with van der Waals surface area (Å²) >= 11 is 0. The summed E-state index contributed by atoms with van der Waals surface area (Å²) in [6.07, 6.45) is -0.287. The van der Waals surface area contributed by atoms with Gasteiger partial charge in [-0.1, -0.05) is 24.3 Å². The highest BCUT2D eigenvalue weighted by Crippen LogP contribution is 2.35. The van der Waals surface area contributed by atoms with E-state index in [1.165, 1.54) is 7.11 Å². The number of aromatic hydroxyl groups is 1. The number of anilines is 2. The topological polar surface area (TPSA) is 111 Å². The molecule has 4 rings (SSSR count). The Bertz CT molecular complexity index is 1170. The van der Waals surface area contributed by atoms with Crippen LogP contribution >= 0.6 is 0 Å². The van der Waals surface area contributed by atoms with Crippen LogP contribution in [-0.2, 0) is 9.47 Å². The second-order valence-electron chi connectivity index (χ2n) is 8.38. The Labute approximate surface area is 193 Å². The van der Waals surface area contributed by atoms with Crippen molar-refractivity contribution in [1.82, 2.24) is 10.2 Å². The number of aromatic nitrogens is 2. The molecule has 1 aliphatic heterocycles. The third kappa shape index (κ3) is 4.47. The molecule has 1 saturated heterocycles. The normalized spacial score (nSPS) is 18.2. The molecule has 172 valence electrons. The Balaban J connectivity index is 1.67. The van der Waals surface area contributed by atoms with Crippen LogP contribution in [-0.4, -0.2) is 47.6 Å². The number of nitrogen functional groups attached to an aromatic ring is 1. The van der Waals surface area contributed by atoms with Gasteiger partial charge in [0.2, 0.25) is 0 Å². The van der Waals surface area contributed by atoms with Crippen molar-refractivity contribution in [3.05, 3.63) is 64.7 Å². The van der Waals surface area contributed by atoms with E-state index in [-0.39, 0.29) is 23.9 Å². The van der Waals surface area contributed by atoms with Gasteiger partial charge in [0.15, 0.2) is 5.82 Å². The molecule has 1 fully saturated rings. The molecule has 0 saturated carbocycles. The number of aryl methyl sites for hydroxylation is 2. The second-order valence-corrected chi connectivity index (χ2v) is 8.38. The third-order valence-electron chi connectivity index (χ3n) is 5.90. The van der Waals surface area contributed by atoms with Crippen LogP contribution in [0.5, 0.6) is 5.75 Å². The molecule has 2 atom stereocenters. The minimum absolute atomic E-state index is 0.0641. The molecule has 0 spiro atoms. The van der Waals surface area contributed by atoms with Gasteiger partial charge in [-0.25, -0.2) is 4.79 Å². The molecule has 3 aromatic rings. The maximum absolute atomic E-state index is 12.1. The molecule has 0 bridgehead atoms. The number of hydrogen-bond acceptors (Lipinski definition) is 8. The highest BCUT2D eigenvalue weighted by Gasteiger charge is 2.29. The van der Waals surface area contributed by atoms with E-state index in [0.29, 0.717) is 35.7 Å². The van der Waals surface area contributed by atoms with E-state index in [1.807, 2.05) is 45.0 Å². The van der Waals surface area contributed by atoms with Gasteiger partial charge in [0.05, 0.1) is 30.2 Å². The second kappa shape index (κ2) is 9.07. The number of benzene rings is 2. The third-order valence-corrected chi connectivity index (χ3v) is 5.90. The van der Waals surface area contributed by atoms with Crippen LogP contribution in [0.3, 0.4) is 0 Å². The van der Waals surface area contributed by atoms with Gasteiger partial charge < -0.3 is 25.2 Å². The lowest BCUT2D eigenvalue weighted by atomic mass is 9.95. The van der Waals surface area contributed by atoms with E-state index in [4.69, 9.17) is 15.2 Å². The van der Waals surface area contributed by atoms with E-state index >= 15 is 0 Å². The SMILES string of the molecule is COC(=O)c1c(C)cc([C@@H]2CN(c3cc(-c4ccccc4O)nnc3N)C[C@H](C)O2)cc1C. The molecule has 0 unspecified atom stereocenters. The largest absolute Gasteiger partial charge is 0.507 e. The van der Waals surface area contributed by atoms with Gasteiger partial charge in [-0.05, 0) is 55.7 Å². The lowest BCUT2D eigenvalue weighted by molar-refractivity contribution is -0.0174. The van der Waals surface area contributed by atoms with Gasteiger partial charge in [0.1, 0.15) is 11.9 Å². The predicted octanol–water partition coefficient (Wildman–Crippen LogP) is 3.80. The predicted molar refractivity (Wildman–Crippen MR) is 126 cm³/mol. The molecule has 0 amide bonds. The number of nitrogens with zero attached hydrogens (tertiary/aromatic N) is 3. The first-order chi connectivity index (χ1) is 15.8. The van der Waals surface area contributed by atoms with Crippen molar-refractivity contribution in [1.29, 1.82) is 0 Å². The van der Waals surface area contributed by atoms with Crippen LogP contribution in [0.25, 0.3) is 11.3 Å². The summed E-state index contributed by atoms with van der Waals surface area (Å²) in [5.74, 6) is 0.103. The Morgan fingerprint density at radius 3 is 2.52 bits per heavy atom. The molecule has 3 N–H and O–H groups in total. The van der Waals surface area contributed by atoms with Gasteiger partial charge in [-0.2, -0.15) is 0 Å². The molecule has 8 heteroatoms. The van der Waals surface area contributed by atoms with E-state index < -0.39 is 0 Å². The number of hydrogen-bond donors (Lipinski definition) is 2. The Morgan fingerprint density at radius 1 is 1.15 bits per heavy atom. The Morgan fingerprint density at radius 2 is 1.85 bits per heavy atom. The highest BCUT2D eigenvalue weighted by atomic mass is 16.5. The van der Waals surface area contributed by atoms with Crippen LogP contribution in [0.2, 0.25) is 0 Å². The number of esters is 1. The number of phenolic OH excluding ortho intramolecular Hbond substituents is 1. The van der Waals surface area contributed by atoms with Crippen LogP contribution < -0.4 is 10.6 Å². The molecule has 8 nitrogen and oxygen atoms in total. The number of nitrogens with two attached hydrogens (primary N) is 1. The lowest BCUT2D eigenvalue weighted by Crippen LogP contribution is -2.43. The fraction of sp³-hybridized carbons (Fsp3) is 0.320. The number of ether oxygens (including phenoxy) is 2. The average molecular weight is 449 g/mol. The number of morpholine rings is 1. The van der Waals surface area contributed by atoms with Crippen LogP contribution in [0.4, 0.5) is 11.5 Å². The minimum Gasteiger partial charge on any atom is -0.507 e. The first kappa shape index (κ1) is 22.5. The lowest BCUT2D eigenvalue weighted by Gasteiger charge is -2.39. The molecule has 0 aliphatic carbocycles. The summed E-state index contributed by atoms with van der Waals surface area (Å²) in [5.41, 5.74) is 11.3. The zero-order valence-corrected chi connectivity index (χ0v) is 19.2. The zero-order chi connectivity index (χ0) is 23.7. The monoisotopic (exact) mass is 448 g/mol. The van der Waals surface area contributed by atoms with Crippen molar-refractivity contribution < 1.29 is 19.4 Å². The summed E-state index contributed by atoms with van der Waals surface area (Å²) < 4.78 is 11.2. The Kier molecular flexibility index (Phi) is 6.20. The van der Waals surface area contributed by atoms with E-state index in [9.17, 15) is 9.90 Å². The van der Waals surface area contributed by atoms with Crippen molar-refractivity contribution in [3.8, 4) is 17.0 Å². The molecule has 1 aromatic heterocycles. The van der Waals surface area contributed by atoms with Gasteiger partial charge >= 0.3 is 5.97 Å². The van der Waals surface area contributed by atoms with Crippen LogP contribution in [0, 0.1) is 13.8 Å². The fourth-order valence-electron chi connectivity index (χ4n) is 4.41. The first-order valence-electron chi connectivity index (χ1n) is 10.8. The molecule has 0 radical (unpaired) electrons. The summed E-state index contributed by atoms with van der Waals surface area (Å²) in [7, 11) is 1.38. The van der Waals surface area contributed by atoms with Gasteiger partial charge in [-0.15, -0.1) is 10.2 Å². The molecule has 2 aromatic carbocycles. The maximum Gasteiger partial charge on any atom is 0.338 e. The maximum atomic E-state index is 12.1. The first-order valence-corrected chi connectivity index (χ1v) is 10.8. The zero-order valence-electron chi connectivity index (χ0n) is 19.2. The van der Waals surface area contributed by atoms with Gasteiger partial charge in [-0.3, -0.25) is 0 Å².